The summed E-state index contributed by atoms with van der Waals surface area (Å²) in [6.07, 6.45) is 3.63. The summed E-state index contributed by atoms with van der Waals surface area (Å²) in [5, 5.41) is 4.10. The predicted octanol–water partition coefficient (Wildman–Crippen LogP) is 4.68. The lowest BCUT2D eigenvalue weighted by atomic mass is 9.84. The lowest BCUT2D eigenvalue weighted by molar-refractivity contribution is -0.140. The van der Waals surface area contributed by atoms with E-state index in [1.165, 1.54) is 0 Å². The summed E-state index contributed by atoms with van der Waals surface area (Å²) in [6, 6.07) is 17.7. The van der Waals surface area contributed by atoms with Crippen LogP contribution in [0.5, 0.6) is 5.75 Å². The molecule has 156 valence electrons. The summed E-state index contributed by atoms with van der Waals surface area (Å²) in [5.41, 5.74) is 2.00. The first-order valence-corrected chi connectivity index (χ1v) is 10.5. The molecule has 1 atom stereocenters. The number of ether oxygens (including phenoxy) is 1. The Balaban J connectivity index is 1.46. The second kappa shape index (κ2) is 9.11. The van der Waals surface area contributed by atoms with Gasteiger partial charge in [-0.2, -0.15) is 4.98 Å². The van der Waals surface area contributed by atoms with Crippen molar-refractivity contribution in [1.29, 1.82) is 0 Å². The Morgan fingerprint density at radius 1 is 1.17 bits per heavy atom. The second-order valence-corrected chi connectivity index (χ2v) is 7.74. The highest BCUT2D eigenvalue weighted by molar-refractivity contribution is 5.80. The molecule has 1 heterocycles. The van der Waals surface area contributed by atoms with Gasteiger partial charge in [0.1, 0.15) is 5.75 Å². The first kappa shape index (κ1) is 20.1. The summed E-state index contributed by atoms with van der Waals surface area (Å²) in [7, 11) is 1.63. The van der Waals surface area contributed by atoms with Crippen LogP contribution in [0.15, 0.2) is 59.1 Å². The number of carbonyl (C=O) groups excluding carboxylic acids is 1. The van der Waals surface area contributed by atoms with Gasteiger partial charge in [-0.25, -0.2) is 0 Å². The van der Waals surface area contributed by atoms with Crippen LogP contribution >= 0.6 is 0 Å². The Kier molecular flexibility index (Phi) is 6.12. The minimum absolute atomic E-state index is 0.00304. The van der Waals surface area contributed by atoms with E-state index in [1.54, 1.807) is 7.11 Å². The van der Waals surface area contributed by atoms with Gasteiger partial charge in [0.2, 0.25) is 17.6 Å². The van der Waals surface area contributed by atoms with E-state index in [0.717, 1.165) is 36.1 Å². The van der Waals surface area contributed by atoms with Crippen LogP contribution in [0.1, 0.15) is 43.7 Å². The zero-order valence-corrected chi connectivity index (χ0v) is 17.5. The number of carbonyl (C=O) groups is 1. The Bertz CT molecular complexity index is 965. The molecule has 1 aromatic heterocycles. The number of methoxy groups -OCH3 is 1. The van der Waals surface area contributed by atoms with E-state index in [2.05, 4.69) is 29.2 Å². The third kappa shape index (κ3) is 4.37. The fourth-order valence-electron chi connectivity index (χ4n) is 3.73. The van der Waals surface area contributed by atoms with Gasteiger partial charge >= 0.3 is 0 Å². The maximum Gasteiger partial charge on any atom is 0.228 e. The van der Waals surface area contributed by atoms with Crippen molar-refractivity contribution in [3.63, 3.8) is 0 Å². The molecular weight excluding hydrogens is 378 g/mol. The lowest BCUT2D eigenvalue weighted by Crippen LogP contribution is -2.41. The molecule has 1 unspecified atom stereocenters. The molecule has 1 fully saturated rings. The standard InChI is InChI=1S/C24H27N3O3/c1-17(18-7-4-3-5-8-18)27(24(28)20-9-6-10-20)16-15-22-25-23(26-30-22)19-11-13-21(29-2)14-12-19/h3-5,7-8,11-14,17,20H,6,9-10,15-16H2,1-2H3. The Morgan fingerprint density at radius 3 is 2.53 bits per heavy atom. The number of rotatable bonds is 8. The van der Waals surface area contributed by atoms with Crippen molar-refractivity contribution in [2.24, 2.45) is 5.92 Å². The van der Waals surface area contributed by atoms with Gasteiger partial charge in [0, 0.05) is 24.4 Å². The highest BCUT2D eigenvalue weighted by Gasteiger charge is 2.32. The summed E-state index contributed by atoms with van der Waals surface area (Å²) < 4.78 is 10.6. The van der Waals surface area contributed by atoms with Crippen LogP contribution in [-0.2, 0) is 11.2 Å². The molecule has 3 aromatic rings. The second-order valence-electron chi connectivity index (χ2n) is 7.74. The Hall–Kier alpha value is -3.15. The number of benzene rings is 2. The van der Waals surface area contributed by atoms with Gasteiger partial charge in [0.25, 0.3) is 0 Å². The molecule has 0 spiro atoms. The number of aromatic nitrogens is 2. The summed E-state index contributed by atoms with van der Waals surface area (Å²) in [4.78, 5) is 19.6. The van der Waals surface area contributed by atoms with E-state index in [-0.39, 0.29) is 17.9 Å². The van der Waals surface area contributed by atoms with Crippen molar-refractivity contribution >= 4 is 5.91 Å². The molecule has 0 aliphatic heterocycles. The molecule has 0 N–H and O–H groups in total. The molecule has 0 bridgehead atoms. The molecule has 30 heavy (non-hydrogen) atoms. The third-order valence-electron chi connectivity index (χ3n) is 5.87. The van der Waals surface area contributed by atoms with Crippen molar-refractivity contribution in [1.82, 2.24) is 15.0 Å². The van der Waals surface area contributed by atoms with E-state index in [9.17, 15) is 4.79 Å². The molecule has 0 saturated heterocycles. The van der Waals surface area contributed by atoms with E-state index in [0.29, 0.717) is 24.7 Å². The van der Waals surface area contributed by atoms with Crippen LogP contribution in [0, 0.1) is 5.92 Å². The summed E-state index contributed by atoms with van der Waals surface area (Å²) in [5.74, 6) is 2.23. The highest BCUT2D eigenvalue weighted by Crippen LogP contribution is 2.32. The molecule has 1 aliphatic rings. The average Bonchev–Trinajstić information content (AvgIpc) is 3.22. The van der Waals surface area contributed by atoms with Gasteiger partial charge in [0.15, 0.2) is 0 Å². The van der Waals surface area contributed by atoms with E-state index >= 15 is 0 Å². The van der Waals surface area contributed by atoms with Gasteiger partial charge < -0.3 is 14.2 Å². The molecule has 4 rings (SSSR count). The zero-order valence-electron chi connectivity index (χ0n) is 17.5. The molecule has 2 aromatic carbocycles. The first-order valence-electron chi connectivity index (χ1n) is 10.5. The number of nitrogens with zero attached hydrogens (tertiary/aromatic N) is 3. The van der Waals surface area contributed by atoms with Crippen molar-refractivity contribution in [3.8, 4) is 17.1 Å². The van der Waals surface area contributed by atoms with Crippen LogP contribution in [0.4, 0.5) is 0 Å². The van der Waals surface area contributed by atoms with Crippen LogP contribution in [0.3, 0.4) is 0 Å². The van der Waals surface area contributed by atoms with Crippen molar-refractivity contribution in [2.75, 3.05) is 13.7 Å². The largest absolute Gasteiger partial charge is 0.497 e. The number of hydrogen-bond donors (Lipinski definition) is 0. The molecular formula is C24H27N3O3. The van der Waals surface area contributed by atoms with Crippen molar-refractivity contribution in [3.05, 3.63) is 66.1 Å². The first-order chi connectivity index (χ1) is 14.7. The SMILES string of the molecule is COc1ccc(-c2noc(CCN(C(=O)C3CCC3)C(C)c3ccccc3)n2)cc1. The molecule has 0 radical (unpaired) electrons. The molecule has 1 saturated carbocycles. The van der Waals surface area contributed by atoms with Crippen LogP contribution in [-0.4, -0.2) is 34.6 Å². The maximum absolute atomic E-state index is 13.1. The van der Waals surface area contributed by atoms with Gasteiger partial charge in [-0.1, -0.05) is 41.9 Å². The van der Waals surface area contributed by atoms with Crippen LogP contribution in [0.2, 0.25) is 0 Å². The van der Waals surface area contributed by atoms with E-state index in [1.807, 2.05) is 47.4 Å². The van der Waals surface area contributed by atoms with Gasteiger partial charge in [0.05, 0.1) is 13.2 Å². The summed E-state index contributed by atoms with van der Waals surface area (Å²) in [6.45, 7) is 2.64. The lowest BCUT2D eigenvalue weighted by Gasteiger charge is -2.35. The molecule has 1 aliphatic carbocycles. The molecule has 6 heteroatoms. The number of hydrogen-bond acceptors (Lipinski definition) is 5. The van der Waals surface area contributed by atoms with Crippen LogP contribution < -0.4 is 4.74 Å². The topological polar surface area (TPSA) is 68.5 Å². The van der Waals surface area contributed by atoms with Gasteiger partial charge in [-0.05, 0) is 49.6 Å². The summed E-state index contributed by atoms with van der Waals surface area (Å²) >= 11 is 0. The smallest absolute Gasteiger partial charge is 0.228 e. The van der Waals surface area contributed by atoms with Crippen molar-refractivity contribution in [2.45, 2.75) is 38.6 Å². The minimum atomic E-state index is 0.00304. The van der Waals surface area contributed by atoms with E-state index < -0.39 is 0 Å². The van der Waals surface area contributed by atoms with Crippen LogP contribution in [0.25, 0.3) is 11.4 Å². The quantitative estimate of drug-likeness (QED) is 0.544. The average molecular weight is 405 g/mol. The zero-order chi connectivity index (χ0) is 20.9. The fourth-order valence-corrected chi connectivity index (χ4v) is 3.73. The van der Waals surface area contributed by atoms with Crippen molar-refractivity contribution < 1.29 is 14.1 Å². The normalized spacial score (nSPS) is 14.7. The monoisotopic (exact) mass is 405 g/mol. The predicted molar refractivity (Wildman–Crippen MR) is 114 cm³/mol. The third-order valence-corrected chi connectivity index (χ3v) is 5.87. The van der Waals surface area contributed by atoms with Gasteiger partial charge in [-0.15, -0.1) is 0 Å². The Morgan fingerprint density at radius 2 is 1.90 bits per heavy atom. The molecule has 1 amide bonds. The Labute approximate surface area is 176 Å². The maximum atomic E-state index is 13.1. The molecule has 6 nitrogen and oxygen atoms in total. The minimum Gasteiger partial charge on any atom is -0.497 e. The van der Waals surface area contributed by atoms with Gasteiger partial charge in [-0.3, -0.25) is 4.79 Å². The highest BCUT2D eigenvalue weighted by atomic mass is 16.5. The van der Waals surface area contributed by atoms with E-state index in [4.69, 9.17) is 9.26 Å². The fraction of sp³-hybridized carbons (Fsp3) is 0.375. The number of amides is 1.